The smallest absolute Gasteiger partial charge is 0.306 e. The zero-order valence-electron chi connectivity index (χ0n) is 14.1. The number of carbonyl (C=O) groups is 1. The summed E-state index contributed by atoms with van der Waals surface area (Å²) in [6.07, 6.45) is 7.57. The van der Waals surface area contributed by atoms with Crippen molar-refractivity contribution in [3.8, 4) is 5.75 Å². The number of phenolic OH excluding ortho intramolecular Hbond substituents is 1. The highest BCUT2D eigenvalue weighted by molar-refractivity contribution is 5.69. The lowest BCUT2D eigenvalue weighted by atomic mass is 9.96. The van der Waals surface area contributed by atoms with Crippen LogP contribution in [-0.4, -0.2) is 16.2 Å². The molecule has 3 nitrogen and oxygen atoms in total. The van der Waals surface area contributed by atoms with Crippen LogP contribution in [0.3, 0.4) is 0 Å². The molecule has 1 aromatic carbocycles. The predicted molar refractivity (Wildman–Crippen MR) is 91.1 cm³/mol. The highest BCUT2D eigenvalue weighted by Crippen LogP contribution is 2.27. The Kier molecular flexibility index (Phi) is 6.41. The van der Waals surface area contributed by atoms with E-state index < -0.39 is 5.97 Å². The van der Waals surface area contributed by atoms with Crippen LogP contribution in [0.5, 0.6) is 5.75 Å². The number of aliphatic carboxylic acids is 1. The van der Waals surface area contributed by atoms with Crippen molar-refractivity contribution in [2.45, 2.75) is 47.5 Å². The number of carboxylic acids is 1. The van der Waals surface area contributed by atoms with E-state index in [1.807, 2.05) is 33.8 Å². The van der Waals surface area contributed by atoms with Crippen molar-refractivity contribution in [2.24, 2.45) is 5.92 Å². The maximum Gasteiger partial charge on any atom is 0.306 e. The second-order valence-electron chi connectivity index (χ2n) is 5.97. The lowest BCUT2D eigenvalue weighted by molar-refractivity contribution is -0.141. The third-order valence-corrected chi connectivity index (χ3v) is 4.13. The van der Waals surface area contributed by atoms with Gasteiger partial charge in [0.25, 0.3) is 0 Å². The van der Waals surface area contributed by atoms with Gasteiger partial charge in [-0.1, -0.05) is 30.7 Å². The number of allylic oxidation sites excluding steroid dienone is 3. The Balaban J connectivity index is 2.80. The Morgan fingerprint density at radius 2 is 1.91 bits per heavy atom. The molecule has 0 aliphatic carbocycles. The number of aryl methyl sites for hydroxylation is 1. The van der Waals surface area contributed by atoms with Gasteiger partial charge in [-0.15, -0.1) is 0 Å². The first-order valence-electron chi connectivity index (χ1n) is 7.61. The topological polar surface area (TPSA) is 57.5 Å². The third-order valence-electron chi connectivity index (χ3n) is 4.13. The van der Waals surface area contributed by atoms with Crippen LogP contribution in [0.25, 0.3) is 6.08 Å². The van der Waals surface area contributed by atoms with Crippen molar-refractivity contribution >= 4 is 12.0 Å². The van der Waals surface area contributed by atoms with Gasteiger partial charge in [0.2, 0.25) is 0 Å². The molecule has 1 rings (SSSR count). The first-order valence-corrected chi connectivity index (χ1v) is 7.61. The van der Waals surface area contributed by atoms with Crippen LogP contribution in [0.2, 0.25) is 0 Å². The molecule has 2 N–H and O–H groups in total. The van der Waals surface area contributed by atoms with Crippen molar-refractivity contribution in [3.63, 3.8) is 0 Å². The highest BCUT2D eigenvalue weighted by Gasteiger charge is 2.09. The number of carboxylic acid groups (broad SMARTS) is 1. The molecule has 0 aromatic heterocycles. The minimum atomic E-state index is -0.743. The lowest BCUT2D eigenvalue weighted by Crippen LogP contribution is -2.08. The molecule has 0 saturated carbocycles. The molecule has 0 aliphatic heterocycles. The molecule has 0 aliphatic rings. The number of hydrogen-bond acceptors (Lipinski definition) is 2. The maximum absolute atomic E-state index is 10.8. The van der Waals surface area contributed by atoms with Crippen LogP contribution in [0.1, 0.15) is 48.9 Å². The summed E-state index contributed by atoms with van der Waals surface area (Å²) in [5.74, 6) is -0.716. The average molecular weight is 302 g/mol. The van der Waals surface area contributed by atoms with Gasteiger partial charge in [-0.2, -0.15) is 0 Å². The number of aromatic hydroxyl groups is 1. The maximum atomic E-state index is 10.8. The van der Waals surface area contributed by atoms with Gasteiger partial charge in [-0.05, 0) is 68.9 Å². The summed E-state index contributed by atoms with van der Waals surface area (Å²) < 4.78 is 0. The molecule has 22 heavy (non-hydrogen) atoms. The molecule has 0 radical (unpaired) electrons. The summed E-state index contributed by atoms with van der Waals surface area (Å²) in [5, 5.41) is 18.7. The molecule has 1 unspecified atom stereocenters. The molecule has 1 aromatic rings. The molecule has 3 heteroatoms. The zero-order chi connectivity index (χ0) is 16.9. The summed E-state index contributed by atoms with van der Waals surface area (Å²) in [7, 11) is 0. The molecule has 120 valence electrons. The molecule has 0 saturated heterocycles. The Labute approximate surface area is 133 Å². The van der Waals surface area contributed by atoms with Gasteiger partial charge in [-0.25, -0.2) is 0 Å². The summed E-state index contributed by atoms with van der Waals surface area (Å²) in [6, 6.07) is 1.79. The summed E-state index contributed by atoms with van der Waals surface area (Å²) in [6.45, 7) is 9.65. The minimum absolute atomic E-state index is 0.308. The van der Waals surface area contributed by atoms with Crippen LogP contribution in [-0.2, 0) is 4.79 Å². The largest absolute Gasteiger partial charge is 0.508 e. The Morgan fingerprint density at radius 1 is 1.27 bits per heavy atom. The van der Waals surface area contributed by atoms with Gasteiger partial charge in [0, 0.05) is 0 Å². The van der Waals surface area contributed by atoms with Gasteiger partial charge in [0.15, 0.2) is 0 Å². The summed E-state index contributed by atoms with van der Waals surface area (Å²) >= 11 is 0. The van der Waals surface area contributed by atoms with E-state index in [9.17, 15) is 9.90 Å². The first kappa shape index (κ1) is 18.0. The van der Waals surface area contributed by atoms with Gasteiger partial charge in [0.05, 0.1) is 5.92 Å². The average Bonchev–Trinajstić information content (AvgIpc) is 2.44. The van der Waals surface area contributed by atoms with Gasteiger partial charge >= 0.3 is 5.97 Å². The molecule has 0 spiro atoms. The van der Waals surface area contributed by atoms with E-state index in [-0.39, 0.29) is 5.92 Å². The van der Waals surface area contributed by atoms with Crippen LogP contribution < -0.4 is 0 Å². The van der Waals surface area contributed by atoms with Crippen molar-refractivity contribution in [3.05, 3.63) is 46.0 Å². The summed E-state index contributed by atoms with van der Waals surface area (Å²) in [4.78, 5) is 10.8. The van der Waals surface area contributed by atoms with Crippen molar-refractivity contribution in [1.82, 2.24) is 0 Å². The molecule has 0 fully saturated rings. The highest BCUT2D eigenvalue weighted by atomic mass is 16.4. The van der Waals surface area contributed by atoms with E-state index in [4.69, 9.17) is 5.11 Å². The van der Waals surface area contributed by atoms with Gasteiger partial charge in [-0.3, -0.25) is 4.79 Å². The van der Waals surface area contributed by atoms with E-state index in [2.05, 4.69) is 12.2 Å². The fourth-order valence-corrected chi connectivity index (χ4v) is 2.30. The van der Waals surface area contributed by atoms with Crippen molar-refractivity contribution < 1.29 is 15.0 Å². The van der Waals surface area contributed by atoms with E-state index in [1.165, 1.54) is 0 Å². The SMILES string of the molecule is CC(/C=C/c1c(C)cc(O)c(C)c1C)=C\CCC(C)C(=O)O. The number of benzene rings is 1. The van der Waals surface area contributed by atoms with E-state index in [1.54, 1.807) is 13.0 Å². The standard InChI is InChI=1S/C19H26O3/c1-12(7-6-8-13(2)19(21)22)9-10-17-14(3)11-18(20)16(5)15(17)4/h7,9-11,13,20H,6,8H2,1-5H3,(H,21,22)/b10-9+,12-7+. The molecule has 1 atom stereocenters. The Morgan fingerprint density at radius 3 is 2.50 bits per heavy atom. The van der Waals surface area contributed by atoms with E-state index in [0.29, 0.717) is 12.2 Å². The Hall–Kier alpha value is -2.03. The summed E-state index contributed by atoms with van der Waals surface area (Å²) in [5.41, 5.74) is 5.27. The monoisotopic (exact) mass is 302 g/mol. The van der Waals surface area contributed by atoms with E-state index in [0.717, 1.165) is 34.2 Å². The van der Waals surface area contributed by atoms with Gasteiger partial charge < -0.3 is 10.2 Å². The fraction of sp³-hybridized carbons (Fsp3) is 0.421. The molecular weight excluding hydrogens is 276 g/mol. The fourth-order valence-electron chi connectivity index (χ4n) is 2.30. The van der Waals surface area contributed by atoms with Gasteiger partial charge in [0.1, 0.15) is 5.75 Å². The van der Waals surface area contributed by atoms with Crippen LogP contribution in [0.15, 0.2) is 23.8 Å². The predicted octanol–water partition coefficient (Wildman–Crippen LogP) is 4.78. The van der Waals surface area contributed by atoms with E-state index >= 15 is 0 Å². The van der Waals surface area contributed by atoms with Crippen molar-refractivity contribution in [1.29, 1.82) is 0 Å². The quantitative estimate of drug-likeness (QED) is 0.744. The number of phenols is 1. The van der Waals surface area contributed by atoms with Crippen molar-refractivity contribution in [2.75, 3.05) is 0 Å². The molecule has 0 amide bonds. The first-order chi connectivity index (χ1) is 10.2. The molecule has 0 heterocycles. The molecular formula is C19H26O3. The Bertz CT molecular complexity index is 610. The number of hydrogen-bond donors (Lipinski definition) is 2. The van der Waals surface area contributed by atoms with Crippen LogP contribution >= 0.6 is 0 Å². The second kappa shape index (κ2) is 7.83. The lowest BCUT2D eigenvalue weighted by Gasteiger charge is -2.11. The second-order valence-corrected chi connectivity index (χ2v) is 5.97. The number of rotatable bonds is 6. The normalized spacial score (nSPS) is 13.6. The molecule has 0 bridgehead atoms. The van der Waals surface area contributed by atoms with Crippen LogP contribution in [0, 0.1) is 26.7 Å². The zero-order valence-corrected chi connectivity index (χ0v) is 14.1. The third kappa shape index (κ3) is 4.76. The minimum Gasteiger partial charge on any atom is -0.508 e. The van der Waals surface area contributed by atoms with Crippen LogP contribution in [0.4, 0.5) is 0 Å².